The van der Waals surface area contributed by atoms with E-state index in [2.05, 4.69) is 0 Å². The zero-order valence-electron chi connectivity index (χ0n) is 13.0. The van der Waals surface area contributed by atoms with Gasteiger partial charge in [0.1, 0.15) is 0 Å². The Morgan fingerprint density at radius 2 is 1.91 bits per heavy atom. The molecular formula is C17H17FO5. The number of benzene rings is 2. The summed E-state index contributed by atoms with van der Waals surface area (Å²) >= 11 is 0. The highest BCUT2D eigenvalue weighted by atomic mass is 19.1. The molecule has 5 nitrogen and oxygen atoms in total. The number of hydrogen-bond donors (Lipinski definition) is 2. The smallest absolute Gasteiger partial charge is 0.309 e. The van der Waals surface area contributed by atoms with Crippen LogP contribution in [0.3, 0.4) is 0 Å². The van der Waals surface area contributed by atoms with E-state index in [4.69, 9.17) is 9.84 Å². The maximum absolute atomic E-state index is 14.1. The number of fused-ring (bicyclic) bond motifs is 1. The lowest BCUT2D eigenvalue weighted by Crippen LogP contribution is -2.26. The number of aromatic hydroxyl groups is 1. The number of carbonyl (C=O) groups is 2. The van der Waals surface area contributed by atoms with Crippen LogP contribution in [0.2, 0.25) is 0 Å². The number of aliphatic carboxylic acids is 1. The molecule has 2 aromatic carbocycles. The average Bonchev–Trinajstić information content (AvgIpc) is 2.49. The van der Waals surface area contributed by atoms with Gasteiger partial charge >= 0.3 is 5.97 Å². The van der Waals surface area contributed by atoms with Gasteiger partial charge in [-0.05, 0) is 31.4 Å². The number of halogens is 1. The largest absolute Gasteiger partial charge is 0.502 e. The number of ketones is 1. The molecule has 0 aliphatic carbocycles. The minimum Gasteiger partial charge on any atom is -0.502 e. The molecule has 0 bridgehead atoms. The van der Waals surface area contributed by atoms with Crippen molar-refractivity contribution in [3.63, 3.8) is 0 Å². The Balaban J connectivity index is 2.46. The molecule has 0 radical (unpaired) electrons. The summed E-state index contributed by atoms with van der Waals surface area (Å²) in [5.74, 6) is -2.88. The van der Waals surface area contributed by atoms with Gasteiger partial charge in [-0.15, -0.1) is 0 Å². The van der Waals surface area contributed by atoms with Crippen LogP contribution in [0, 0.1) is 11.2 Å². The lowest BCUT2D eigenvalue weighted by atomic mass is 9.85. The quantitative estimate of drug-likeness (QED) is 0.825. The van der Waals surface area contributed by atoms with Crippen LogP contribution in [0.15, 0.2) is 24.3 Å². The van der Waals surface area contributed by atoms with E-state index in [1.54, 1.807) is 0 Å². The Bertz CT molecular complexity index is 795. The molecule has 0 unspecified atom stereocenters. The lowest BCUT2D eigenvalue weighted by Gasteiger charge is -2.18. The molecule has 0 aliphatic heterocycles. The molecule has 0 spiro atoms. The third-order valence-electron chi connectivity index (χ3n) is 3.74. The highest BCUT2D eigenvalue weighted by molar-refractivity contribution is 6.02. The van der Waals surface area contributed by atoms with Crippen LogP contribution < -0.4 is 4.74 Å². The number of ether oxygens (including phenoxy) is 1. The SMILES string of the molecule is COc1cc2cc(C(=O)CC(C)(C)C(=O)O)ccc2c(F)c1O. The molecule has 2 N–H and O–H groups in total. The standard InChI is InChI=1S/C17H17FO5/c1-17(2,16(21)22)8-12(19)9-4-5-11-10(6-9)7-13(23-3)15(20)14(11)18/h4-7,20H,8H2,1-3H3,(H,21,22). The summed E-state index contributed by atoms with van der Waals surface area (Å²) in [7, 11) is 1.30. The number of carboxylic acid groups (broad SMARTS) is 1. The first-order chi connectivity index (χ1) is 10.7. The average molecular weight is 320 g/mol. The Labute approximate surface area is 132 Å². The topological polar surface area (TPSA) is 83.8 Å². The second-order valence-electron chi connectivity index (χ2n) is 5.97. The Hall–Kier alpha value is -2.63. The summed E-state index contributed by atoms with van der Waals surface area (Å²) in [4.78, 5) is 23.4. The van der Waals surface area contributed by atoms with E-state index >= 15 is 0 Å². The van der Waals surface area contributed by atoms with E-state index in [-0.39, 0.29) is 28.9 Å². The van der Waals surface area contributed by atoms with Crippen LogP contribution in [0.25, 0.3) is 10.8 Å². The molecule has 0 aromatic heterocycles. The van der Waals surface area contributed by atoms with Crippen LogP contribution >= 0.6 is 0 Å². The van der Waals surface area contributed by atoms with Gasteiger partial charge < -0.3 is 14.9 Å². The predicted octanol–water partition coefficient (Wildman–Crippen LogP) is 3.38. The van der Waals surface area contributed by atoms with Crippen molar-refractivity contribution >= 4 is 22.5 Å². The second-order valence-corrected chi connectivity index (χ2v) is 5.97. The zero-order valence-corrected chi connectivity index (χ0v) is 13.0. The van der Waals surface area contributed by atoms with Crippen molar-refractivity contribution in [2.45, 2.75) is 20.3 Å². The summed E-state index contributed by atoms with van der Waals surface area (Å²) in [5.41, 5.74) is -0.914. The van der Waals surface area contributed by atoms with Crippen molar-refractivity contribution in [1.29, 1.82) is 0 Å². The summed E-state index contributed by atoms with van der Waals surface area (Å²) in [5, 5.41) is 19.3. The van der Waals surface area contributed by atoms with E-state index in [9.17, 15) is 19.1 Å². The molecule has 23 heavy (non-hydrogen) atoms. The number of rotatable bonds is 5. The number of carbonyl (C=O) groups excluding carboxylic acids is 1. The van der Waals surface area contributed by atoms with Crippen molar-refractivity contribution in [2.75, 3.05) is 7.11 Å². The van der Waals surface area contributed by atoms with Crippen molar-refractivity contribution in [3.8, 4) is 11.5 Å². The molecule has 6 heteroatoms. The molecule has 0 atom stereocenters. The van der Waals surface area contributed by atoms with E-state index in [0.29, 0.717) is 5.39 Å². The van der Waals surface area contributed by atoms with E-state index in [0.717, 1.165) is 0 Å². The fraction of sp³-hybridized carbons (Fsp3) is 0.294. The van der Waals surface area contributed by atoms with Crippen molar-refractivity contribution < 1.29 is 28.9 Å². The van der Waals surface area contributed by atoms with E-state index < -0.39 is 23.0 Å². The molecule has 0 amide bonds. The Morgan fingerprint density at radius 1 is 1.26 bits per heavy atom. The molecule has 0 aliphatic rings. The summed E-state index contributed by atoms with van der Waals surface area (Å²) in [6.45, 7) is 2.93. The molecule has 122 valence electrons. The van der Waals surface area contributed by atoms with Crippen molar-refractivity contribution in [1.82, 2.24) is 0 Å². The number of phenols is 1. The minimum atomic E-state index is -1.19. The number of hydrogen-bond acceptors (Lipinski definition) is 4. The highest BCUT2D eigenvalue weighted by Crippen LogP contribution is 2.35. The van der Waals surface area contributed by atoms with Gasteiger partial charge in [0.25, 0.3) is 0 Å². The fourth-order valence-electron chi connectivity index (χ4n) is 2.24. The van der Waals surface area contributed by atoms with Crippen molar-refractivity contribution in [3.05, 3.63) is 35.6 Å². The molecule has 2 aromatic rings. The number of methoxy groups -OCH3 is 1. The number of carboxylic acids is 1. The fourth-order valence-corrected chi connectivity index (χ4v) is 2.24. The summed E-state index contributed by atoms with van der Waals surface area (Å²) < 4.78 is 19.0. The third-order valence-corrected chi connectivity index (χ3v) is 3.74. The predicted molar refractivity (Wildman–Crippen MR) is 82.5 cm³/mol. The van der Waals surface area contributed by atoms with Gasteiger partial charge in [-0.1, -0.05) is 12.1 Å². The Kier molecular flexibility index (Phi) is 4.27. The van der Waals surface area contributed by atoms with E-state index in [1.165, 1.54) is 45.2 Å². The summed E-state index contributed by atoms with van der Waals surface area (Å²) in [6, 6.07) is 5.68. The van der Waals surface area contributed by atoms with Gasteiger partial charge in [0.2, 0.25) is 0 Å². The van der Waals surface area contributed by atoms with Gasteiger partial charge in [0, 0.05) is 17.4 Å². The Morgan fingerprint density at radius 3 is 2.48 bits per heavy atom. The first kappa shape index (κ1) is 16.7. The molecule has 0 fully saturated rings. The highest BCUT2D eigenvalue weighted by Gasteiger charge is 2.30. The molecule has 0 saturated heterocycles. The maximum atomic E-state index is 14.1. The molecule has 2 rings (SSSR count). The summed E-state index contributed by atoms with van der Waals surface area (Å²) in [6.07, 6.45) is -0.175. The maximum Gasteiger partial charge on any atom is 0.309 e. The minimum absolute atomic E-state index is 0.0366. The zero-order chi connectivity index (χ0) is 17.4. The van der Waals surface area contributed by atoms with Crippen LogP contribution in [0.1, 0.15) is 30.6 Å². The molecule has 0 saturated carbocycles. The van der Waals surface area contributed by atoms with Crippen LogP contribution in [0.4, 0.5) is 4.39 Å². The van der Waals surface area contributed by atoms with Gasteiger partial charge in [0.15, 0.2) is 23.1 Å². The van der Waals surface area contributed by atoms with Gasteiger partial charge in [0.05, 0.1) is 12.5 Å². The van der Waals surface area contributed by atoms with Crippen LogP contribution in [-0.4, -0.2) is 29.1 Å². The van der Waals surface area contributed by atoms with Gasteiger partial charge in [-0.3, -0.25) is 9.59 Å². The van der Waals surface area contributed by atoms with Crippen LogP contribution in [-0.2, 0) is 4.79 Å². The van der Waals surface area contributed by atoms with Crippen LogP contribution in [0.5, 0.6) is 11.5 Å². The molecule has 0 heterocycles. The monoisotopic (exact) mass is 320 g/mol. The third kappa shape index (κ3) is 3.11. The first-order valence-corrected chi connectivity index (χ1v) is 6.93. The van der Waals surface area contributed by atoms with Crippen molar-refractivity contribution in [2.24, 2.45) is 5.41 Å². The normalized spacial score (nSPS) is 11.5. The number of phenolic OH excluding ortho intramolecular Hbond substituents is 1. The molecular weight excluding hydrogens is 303 g/mol. The number of Topliss-reactive ketones (excluding diaryl/α,β-unsaturated/α-hetero) is 1. The van der Waals surface area contributed by atoms with Gasteiger partial charge in [-0.25, -0.2) is 4.39 Å². The van der Waals surface area contributed by atoms with Gasteiger partial charge in [-0.2, -0.15) is 0 Å². The lowest BCUT2D eigenvalue weighted by molar-refractivity contribution is -0.146. The van der Waals surface area contributed by atoms with E-state index in [1.807, 2.05) is 0 Å². The second kappa shape index (κ2) is 5.87. The first-order valence-electron chi connectivity index (χ1n) is 6.93.